The second-order valence-electron chi connectivity index (χ2n) is 9.04. The van der Waals surface area contributed by atoms with Crippen LogP contribution in [0.15, 0.2) is 11.1 Å². The minimum absolute atomic E-state index is 0.274. The Morgan fingerprint density at radius 2 is 1.50 bits per heavy atom. The fourth-order valence-corrected chi connectivity index (χ4v) is 4.21. The molecule has 0 bridgehead atoms. The summed E-state index contributed by atoms with van der Waals surface area (Å²) in [6.07, 6.45) is 2.55. The van der Waals surface area contributed by atoms with Crippen LogP contribution >= 0.6 is 0 Å². The summed E-state index contributed by atoms with van der Waals surface area (Å²) in [5.41, 5.74) is 3.74. The predicted octanol–water partition coefficient (Wildman–Crippen LogP) is 6.05. The zero-order valence-electron chi connectivity index (χ0n) is 16.9. The third kappa shape index (κ3) is 3.96. The molecule has 0 aromatic rings. The van der Waals surface area contributed by atoms with E-state index in [2.05, 4.69) is 74.6 Å². The molecular weight excluding hydrogens is 266 g/mol. The molecule has 3 atom stereocenters. The topological polar surface area (TPSA) is 12.0 Å². The van der Waals surface area contributed by atoms with Gasteiger partial charge in [-0.3, -0.25) is 0 Å². The summed E-state index contributed by atoms with van der Waals surface area (Å²) in [6, 6.07) is 1.09. The van der Waals surface area contributed by atoms with Crippen molar-refractivity contribution in [1.29, 1.82) is 0 Å². The van der Waals surface area contributed by atoms with Crippen molar-refractivity contribution in [1.82, 2.24) is 5.32 Å². The summed E-state index contributed by atoms with van der Waals surface area (Å²) in [6.45, 7) is 24.0. The van der Waals surface area contributed by atoms with Crippen molar-refractivity contribution in [3.8, 4) is 0 Å². The van der Waals surface area contributed by atoms with Crippen LogP contribution in [0.25, 0.3) is 0 Å². The molecule has 1 nitrogen and oxygen atoms in total. The number of hydrogen-bond acceptors (Lipinski definition) is 1. The van der Waals surface area contributed by atoms with Crippen molar-refractivity contribution < 1.29 is 0 Å². The summed E-state index contributed by atoms with van der Waals surface area (Å²) < 4.78 is 0. The van der Waals surface area contributed by atoms with E-state index in [4.69, 9.17) is 0 Å². The molecule has 1 aliphatic rings. The molecule has 0 saturated heterocycles. The van der Waals surface area contributed by atoms with E-state index >= 15 is 0 Å². The summed E-state index contributed by atoms with van der Waals surface area (Å²) in [5.74, 6) is 2.68. The molecular formula is C21H41N. The molecule has 1 rings (SSSR count). The quantitative estimate of drug-likeness (QED) is 0.609. The van der Waals surface area contributed by atoms with Gasteiger partial charge in [0.25, 0.3) is 0 Å². The maximum Gasteiger partial charge on any atom is 0.0341 e. The summed E-state index contributed by atoms with van der Waals surface area (Å²) >= 11 is 0. The molecule has 1 N–H and O–H groups in total. The lowest BCUT2D eigenvalue weighted by Gasteiger charge is -2.43. The van der Waals surface area contributed by atoms with E-state index < -0.39 is 0 Å². The van der Waals surface area contributed by atoms with Gasteiger partial charge in [-0.1, -0.05) is 73.5 Å². The van der Waals surface area contributed by atoms with Gasteiger partial charge in [-0.15, -0.1) is 0 Å². The molecule has 130 valence electrons. The van der Waals surface area contributed by atoms with Crippen molar-refractivity contribution in [2.24, 2.45) is 29.1 Å². The second-order valence-corrected chi connectivity index (χ2v) is 9.04. The first-order chi connectivity index (χ1) is 10.0. The average Bonchev–Trinajstić information content (AvgIpc) is 2.54. The van der Waals surface area contributed by atoms with E-state index in [1.54, 1.807) is 11.1 Å². The molecule has 0 spiro atoms. The van der Waals surface area contributed by atoms with Crippen LogP contribution in [0.5, 0.6) is 0 Å². The molecule has 0 saturated carbocycles. The number of rotatable bonds is 5. The van der Waals surface area contributed by atoms with Gasteiger partial charge in [-0.25, -0.2) is 0 Å². The van der Waals surface area contributed by atoms with Crippen LogP contribution in [0.2, 0.25) is 0 Å². The molecule has 1 heteroatoms. The highest BCUT2D eigenvalue weighted by atomic mass is 15.0. The first-order valence-corrected chi connectivity index (χ1v) is 9.53. The SMILES string of the molecule is CCC1CC(C)NC(C(C)(C)C(C)C)C(C(C)C)=C1C(C)C. The van der Waals surface area contributed by atoms with Crippen molar-refractivity contribution in [3.05, 3.63) is 11.1 Å². The Morgan fingerprint density at radius 3 is 1.86 bits per heavy atom. The summed E-state index contributed by atoms with van der Waals surface area (Å²) in [5, 5.41) is 4.02. The van der Waals surface area contributed by atoms with E-state index in [-0.39, 0.29) is 5.41 Å². The molecule has 0 fully saturated rings. The minimum atomic E-state index is 0.274. The fraction of sp³-hybridized carbons (Fsp3) is 0.905. The molecule has 3 unspecified atom stereocenters. The van der Waals surface area contributed by atoms with Crippen molar-refractivity contribution in [2.75, 3.05) is 0 Å². The van der Waals surface area contributed by atoms with Crippen molar-refractivity contribution >= 4 is 0 Å². The van der Waals surface area contributed by atoms with Gasteiger partial charge in [0.15, 0.2) is 0 Å². The minimum Gasteiger partial charge on any atom is -0.307 e. The van der Waals surface area contributed by atoms with E-state index in [0.29, 0.717) is 29.8 Å². The second kappa shape index (κ2) is 7.51. The van der Waals surface area contributed by atoms with Crippen LogP contribution in [0.3, 0.4) is 0 Å². The Hall–Kier alpha value is -0.300. The van der Waals surface area contributed by atoms with E-state index in [0.717, 1.165) is 5.92 Å². The van der Waals surface area contributed by atoms with Gasteiger partial charge in [-0.2, -0.15) is 0 Å². The van der Waals surface area contributed by atoms with E-state index in [1.165, 1.54) is 12.8 Å². The zero-order chi connectivity index (χ0) is 17.2. The van der Waals surface area contributed by atoms with Gasteiger partial charge >= 0.3 is 0 Å². The van der Waals surface area contributed by atoms with Gasteiger partial charge < -0.3 is 5.32 Å². The lowest BCUT2D eigenvalue weighted by molar-refractivity contribution is 0.171. The van der Waals surface area contributed by atoms with E-state index in [9.17, 15) is 0 Å². The molecule has 0 aromatic carbocycles. The van der Waals surface area contributed by atoms with Crippen LogP contribution in [0, 0.1) is 29.1 Å². The highest BCUT2D eigenvalue weighted by Crippen LogP contribution is 2.43. The molecule has 0 aliphatic carbocycles. The van der Waals surface area contributed by atoms with Crippen LogP contribution in [-0.4, -0.2) is 12.1 Å². The fourth-order valence-electron chi connectivity index (χ4n) is 4.21. The Labute approximate surface area is 140 Å². The Bertz CT molecular complexity index is 387. The monoisotopic (exact) mass is 307 g/mol. The molecule has 1 aliphatic heterocycles. The standard InChI is InChI=1S/C21H41N/c1-11-17-12-16(8)22-20(21(9,10)15(6)7)19(14(4)5)18(17)13(2)3/h13-17,20,22H,11-12H2,1-10H3. The lowest BCUT2D eigenvalue weighted by atomic mass is 9.67. The average molecular weight is 308 g/mol. The van der Waals surface area contributed by atoms with Crippen LogP contribution in [0.1, 0.15) is 82.1 Å². The Balaban J connectivity index is 3.53. The van der Waals surface area contributed by atoms with E-state index in [1.807, 2.05) is 0 Å². The highest BCUT2D eigenvalue weighted by Gasteiger charge is 2.41. The first-order valence-electron chi connectivity index (χ1n) is 9.53. The van der Waals surface area contributed by atoms with Crippen LogP contribution in [0.4, 0.5) is 0 Å². The van der Waals surface area contributed by atoms with Gasteiger partial charge in [0.05, 0.1) is 0 Å². The third-order valence-corrected chi connectivity index (χ3v) is 6.14. The summed E-state index contributed by atoms with van der Waals surface area (Å²) in [7, 11) is 0. The normalized spacial score (nSPS) is 28.0. The smallest absolute Gasteiger partial charge is 0.0341 e. The Morgan fingerprint density at radius 1 is 1.00 bits per heavy atom. The molecule has 0 radical (unpaired) electrons. The van der Waals surface area contributed by atoms with Crippen LogP contribution < -0.4 is 5.32 Å². The molecule has 22 heavy (non-hydrogen) atoms. The summed E-state index contributed by atoms with van der Waals surface area (Å²) in [4.78, 5) is 0. The van der Waals surface area contributed by atoms with Gasteiger partial charge in [0.1, 0.15) is 0 Å². The maximum atomic E-state index is 4.02. The van der Waals surface area contributed by atoms with Crippen molar-refractivity contribution in [3.63, 3.8) is 0 Å². The Kier molecular flexibility index (Phi) is 6.74. The van der Waals surface area contributed by atoms with Gasteiger partial charge in [0, 0.05) is 12.1 Å². The van der Waals surface area contributed by atoms with Crippen molar-refractivity contribution in [2.45, 2.75) is 94.2 Å². The first kappa shape index (κ1) is 19.7. The molecule has 0 aromatic heterocycles. The van der Waals surface area contributed by atoms with Gasteiger partial charge in [0.2, 0.25) is 0 Å². The van der Waals surface area contributed by atoms with Crippen LogP contribution in [-0.2, 0) is 0 Å². The predicted molar refractivity (Wildman–Crippen MR) is 100 cm³/mol. The highest BCUT2D eigenvalue weighted by molar-refractivity contribution is 5.30. The molecule has 1 heterocycles. The number of nitrogens with one attached hydrogen (secondary N) is 1. The molecule has 0 amide bonds. The third-order valence-electron chi connectivity index (χ3n) is 6.14. The lowest BCUT2D eigenvalue weighted by Crippen LogP contribution is -2.49. The number of allylic oxidation sites excluding steroid dienone is 1. The zero-order valence-corrected chi connectivity index (χ0v) is 16.9. The van der Waals surface area contributed by atoms with Gasteiger partial charge in [-0.05, 0) is 48.9 Å². The largest absolute Gasteiger partial charge is 0.307 e. The number of hydrogen-bond donors (Lipinski definition) is 1. The maximum absolute atomic E-state index is 4.02.